The Kier molecular flexibility index (Phi) is 4.09. The van der Waals surface area contributed by atoms with Crippen molar-refractivity contribution in [2.24, 2.45) is 0 Å². The predicted octanol–water partition coefficient (Wildman–Crippen LogP) is 2.07. The molecule has 140 valence electrons. The summed E-state index contributed by atoms with van der Waals surface area (Å²) in [5, 5.41) is 9.57. The maximum Gasteiger partial charge on any atom is 0.329 e. The topological polar surface area (TPSA) is 95.2 Å². The number of rotatable bonds is 3. The van der Waals surface area contributed by atoms with E-state index in [2.05, 4.69) is 15.5 Å². The molecular weight excluding hydrogens is 344 g/mol. The number of benzene rings is 1. The van der Waals surface area contributed by atoms with Gasteiger partial charge in [-0.25, -0.2) is 14.8 Å². The summed E-state index contributed by atoms with van der Waals surface area (Å²) < 4.78 is 0. The number of carbonyl (C=O) groups is 2. The van der Waals surface area contributed by atoms with Crippen LogP contribution in [0.25, 0.3) is 0 Å². The molecule has 1 aromatic carbocycles. The summed E-state index contributed by atoms with van der Waals surface area (Å²) in [6, 6.07) is 6.93. The van der Waals surface area contributed by atoms with E-state index in [0.29, 0.717) is 12.1 Å². The summed E-state index contributed by atoms with van der Waals surface area (Å²) in [7, 11) is 0. The second kappa shape index (κ2) is 6.33. The Morgan fingerprint density at radius 1 is 1.11 bits per heavy atom. The monoisotopic (exact) mass is 366 g/mol. The van der Waals surface area contributed by atoms with Gasteiger partial charge in [0.25, 0.3) is 11.5 Å². The Morgan fingerprint density at radius 2 is 1.85 bits per heavy atom. The molecule has 2 N–H and O–H groups in total. The fourth-order valence-electron chi connectivity index (χ4n) is 3.86. The van der Waals surface area contributed by atoms with E-state index in [1.54, 1.807) is 19.9 Å². The maximum absolute atomic E-state index is 12.5. The van der Waals surface area contributed by atoms with Crippen LogP contribution >= 0.6 is 0 Å². The Balaban J connectivity index is 1.66. The summed E-state index contributed by atoms with van der Waals surface area (Å²) in [6.07, 6.45) is 4.28. The summed E-state index contributed by atoms with van der Waals surface area (Å²) in [5.74, 6) is -0.274. The van der Waals surface area contributed by atoms with E-state index in [1.807, 2.05) is 18.2 Å². The molecule has 1 saturated heterocycles. The van der Waals surface area contributed by atoms with Crippen LogP contribution in [0, 0.1) is 0 Å². The van der Waals surface area contributed by atoms with Gasteiger partial charge >= 0.3 is 6.03 Å². The average Bonchev–Trinajstić information content (AvgIpc) is 2.85. The number of carbonyl (C=O) groups excluding carboxylic acids is 2. The zero-order valence-electron chi connectivity index (χ0n) is 15.5. The Hall–Kier alpha value is -2.96. The minimum absolute atomic E-state index is 0.0937. The van der Waals surface area contributed by atoms with Gasteiger partial charge < -0.3 is 5.32 Å². The molecule has 0 unspecified atom stereocenters. The van der Waals surface area contributed by atoms with Gasteiger partial charge in [-0.3, -0.25) is 9.59 Å². The second-order valence-corrected chi connectivity index (χ2v) is 7.71. The molecule has 0 spiro atoms. The molecular formula is C20H22N4O3. The average molecular weight is 366 g/mol. The molecule has 0 saturated carbocycles. The van der Waals surface area contributed by atoms with Gasteiger partial charge in [0.2, 0.25) is 0 Å². The molecule has 1 aliphatic heterocycles. The minimum atomic E-state index is -0.910. The fraction of sp³-hybridized carbons (Fsp3) is 0.400. The quantitative estimate of drug-likeness (QED) is 0.813. The number of aromatic nitrogens is 2. The lowest BCUT2D eigenvalue weighted by Crippen LogP contribution is -2.40. The first kappa shape index (κ1) is 17.5. The van der Waals surface area contributed by atoms with Crippen LogP contribution < -0.4 is 15.8 Å². The lowest BCUT2D eigenvalue weighted by molar-refractivity contribution is -0.121. The largest absolute Gasteiger partial charge is 0.329 e. The number of imide groups is 1. The van der Waals surface area contributed by atoms with Gasteiger partial charge in [-0.2, -0.15) is 5.10 Å². The zero-order chi connectivity index (χ0) is 19.2. The third-order valence-corrected chi connectivity index (χ3v) is 5.28. The van der Waals surface area contributed by atoms with Crippen LogP contribution in [-0.2, 0) is 24.1 Å². The number of nitrogens with zero attached hydrogens (tertiary/aromatic N) is 2. The first-order chi connectivity index (χ1) is 12.9. The van der Waals surface area contributed by atoms with E-state index in [-0.39, 0.29) is 11.5 Å². The summed E-state index contributed by atoms with van der Waals surface area (Å²) in [6.45, 7) is 3.38. The van der Waals surface area contributed by atoms with Crippen molar-refractivity contribution in [1.29, 1.82) is 0 Å². The number of anilines is 1. The van der Waals surface area contributed by atoms with Crippen molar-refractivity contribution in [3.63, 3.8) is 0 Å². The van der Waals surface area contributed by atoms with Crippen molar-refractivity contribution in [2.45, 2.75) is 51.5 Å². The third-order valence-electron chi connectivity index (χ3n) is 5.28. The predicted molar refractivity (Wildman–Crippen MR) is 101 cm³/mol. The second-order valence-electron chi connectivity index (χ2n) is 7.71. The smallest absolute Gasteiger partial charge is 0.323 e. The number of H-pyrrole nitrogens is 1. The summed E-state index contributed by atoms with van der Waals surface area (Å²) >= 11 is 0. The molecule has 1 fully saturated rings. The van der Waals surface area contributed by atoms with Gasteiger partial charge in [-0.15, -0.1) is 0 Å². The Bertz CT molecular complexity index is 993. The van der Waals surface area contributed by atoms with Crippen LogP contribution in [0.2, 0.25) is 0 Å². The standard InChI is InChI=1S/C20H22N4O3/c1-20(2)18(26)24(19(27)21-20)13-7-5-6-12(10-13)11-16-14-8-3-4-9-15(14)17(25)23-22-16/h5-7,10H,3-4,8-9,11H2,1-2H3,(H,21,27)(H,23,25). The molecule has 1 aliphatic carbocycles. The Morgan fingerprint density at radius 3 is 2.56 bits per heavy atom. The molecule has 3 amide bonds. The molecule has 27 heavy (non-hydrogen) atoms. The molecule has 0 radical (unpaired) electrons. The van der Waals surface area contributed by atoms with Gasteiger partial charge in [-0.05, 0) is 62.8 Å². The van der Waals surface area contributed by atoms with Crippen LogP contribution in [0.15, 0.2) is 29.1 Å². The molecule has 4 rings (SSSR count). The number of fused-ring (bicyclic) bond motifs is 1. The van der Waals surface area contributed by atoms with E-state index in [0.717, 1.165) is 48.1 Å². The number of nitrogens with one attached hydrogen (secondary N) is 2. The van der Waals surface area contributed by atoms with Gasteiger partial charge in [0.05, 0.1) is 11.4 Å². The highest BCUT2D eigenvalue weighted by molar-refractivity contribution is 6.23. The normalized spacial score (nSPS) is 18.4. The fourth-order valence-corrected chi connectivity index (χ4v) is 3.86. The van der Waals surface area contributed by atoms with E-state index in [9.17, 15) is 14.4 Å². The van der Waals surface area contributed by atoms with E-state index < -0.39 is 11.6 Å². The first-order valence-electron chi connectivity index (χ1n) is 9.22. The number of urea groups is 1. The highest BCUT2D eigenvalue weighted by atomic mass is 16.2. The lowest BCUT2D eigenvalue weighted by atomic mass is 9.90. The minimum Gasteiger partial charge on any atom is -0.323 e. The van der Waals surface area contributed by atoms with Crippen molar-refractivity contribution in [1.82, 2.24) is 15.5 Å². The van der Waals surface area contributed by atoms with Crippen molar-refractivity contribution in [3.05, 3.63) is 57.0 Å². The molecule has 2 aliphatic rings. The van der Waals surface area contributed by atoms with E-state index in [1.165, 1.54) is 4.90 Å². The molecule has 2 aromatic rings. The summed E-state index contributed by atoms with van der Waals surface area (Å²) in [4.78, 5) is 38.0. The van der Waals surface area contributed by atoms with Crippen LogP contribution in [0.3, 0.4) is 0 Å². The number of hydrogen-bond acceptors (Lipinski definition) is 4. The van der Waals surface area contributed by atoms with Crippen molar-refractivity contribution >= 4 is 17.6 Å². The van der Waals surface area contributed by atoms with Crippen molar-refractivity contribution in [3.8, 4) is 0 Å². The molecule has 0 bridgehead atoms. The molecule has 1 aromatic heterocycles. The van der Waals surface area contributed by atoms with Crippen molar-refractivity contribution in [2.75, 3.05) is 4.90 Å². The molecule has 7 nitrogen and oxygen atoms in total. The number of hydrogen-bond donors (Lipinski definition) is 2. The van der Waals surface area contributed by atoms with Crippen LogP contribution in [0.5, 0.6) is 0 Å². The van der Waals surface area contributed by atoms with Gasteiger partial charge in [0, 0.05) is 12.0 Å². The lowest BCUT2D eigenvalue weighted by Gasteiger charge is -2.18. The highest BCUT2D eigenvalue weighted by Gasteiger charge is 2.45. The third kappa shape index (κ3) is 3.03. The van der Waals surface area contributed by atoms with Crippen LogP contribution in [0.1, 0.15) is 49.1 Å². The van der Waals surface area contributed by atoms with Gasteiger partial charge in [0.15, 0.2) is 0 Å². The maximum atomic E-state index is 12.5. The molecule has 7 heteroatoms. The highest BCUT2D eigenvalue weighted by Crippen LogP contribution is 2.27. The van der Waals surface area contributed by atoms with Gasteiger partial charge in [0.1, 0.15) is 5.54 Å². The zero-order valence-corrected chi connectivity index (χ0v) is 15.5. The van der Waals surface area contributed by atoms with E-state index in [4.69, 9.17) is 0 Å². The summed E-state index contributed by atoms with van der Waals surface area (Å²) in [5.41, 5.74) is 3.23. The van der Waals surface area contributed by atoms with Crippen LogP contribution in [0.4, 0.5) is 10.5 Å². The van der Waals surface area contributed by atoms with Crippen LogP contribution in [-0.4, -0.2) is 27.7 Å². The first-order valence-corrected chi connectivity index (χ1v) is 9.22. The molecule has 0 atom stereocenters. The Labute approximate surface area is 156 Å². The van der Waals surface area contributed by atoms with Gasteiger partial charge in [-0.1, -0.05) is 12.1 Å². The SMILES string of the molecule is CC1(C)NC(=O)N(c2cccc(Cc3n[nH]c(=O)c4c3CCCC4)c2)C1=O. The number of amides is 3. The van der Waals surface area contributed by atoms with Crippen molar-refractivity contribution < 1.29 is 9.59 Å². The number of aromatic amines is 1. The van der Waals surface area contributed by atoms with E-state index >= 15 is 0 Å². The molecule has 2 heterocycles.